The number of rotatable bonds is 3. The van der Waals surface area contributed by atoms with Gasteiger partial charge in [-0.05, 0) is 54.7 Å². The van der Waals surface area contributed by atoms with Crippen molar-refractivity contribution in [1.82, 2.24) is 10.3 Å². The number of aromatic hydroxyl groups is 1. The van der Waals surface area contributed by atoms with Crippen LogP contribution < -0.4 is 20.1 Å². The van der Waals surface area contributed by atoms with E-state index in [1.165, 1.54) is 11.3 Å². The predicted octanol–water partition coefficient (Wildman–Crippen LogP) is 4.57. The average molecular weight is 464 g/mol. The van der Waals surface area contributed by atoms with E-state index in [4.69, 9.17) is 21.7 Å². The van der Waals surface area contributed by atoms with Crippen LogP contribution in [0, 0.1) is 0 Å². The first-order valence-electron chi connectivity index (χ1n) is 9.78. The van der Waals surface area contributed by atoms with Crippen molar-refractivity contribution in [1.29, 1.82) is 0 Å². The molecule has 7 nitrogen and oxygen atoms in total. The highest BCUT2D eigenvalue weighted by atomic mass is 32.1. The summed E-state index contributed by atoms with van der Waals surface area (Å²) in [6.45, 7) is 0.922. The summed E-state index contributed by atoms with van der Waals surface area (Å²) in [5.41, 5.74) is 2.45. The van der Waals surface area contributed by atoms with Gasteiger partial charge in [0.25, 0.3) is 5.91 Å². The Morgan fingerprint density at radius 2 is 1.84 bits per heavy atom. The van der Waals surface area contributed by atoms with Crippen LogP contribution in [0.2, 0.25) is 0 Å². The van der Waals surface area contributed by atoms with Crippen molar-refractivity contribution in [2.24, 2.45) is 0 Å². The smallest absolute Gasteiger partial charge is 0.257 e. The Bertz CT molecular complexity index is 1320. The summed E-state index contributed by atoms with van der Waals surface area (Å²) >= 11 is 6.76. The molecule has 4 aromatic rings. The molecular formula is C23H17N3O4S2. The molecule has 1 aliphatic rings. The lowest BCUT2D eigenvalue weighted by molar-refractivity contribution is 0.0976. The first kappa shape index (κ1) is 20.2. The lowest BCUT2D eigenvalue weighted by Crippen LogP contribution is -2.34. The number of phenols is 1. The number of anilines is 1. The molecule has 5 rings (SSSR count). The second-order valence-corrected chi connectivity index (χ2v) is 8.42. The molecule has 0 unspecified atom stereocenters. The largest absolute Gasteiger partial charge is 0.507 e. The molecule has 0 aliphatic carbocycles. The summed E-state index contributed by atoms with van der Waals surface area (Å²) in [7, 11) is 0. The molecule has 2 heterocycles. The molecule has 0 bridgehead atoms. The second kappa shape index (κ2) is 8.45. The lowest BCUT2D eigenvalue weighted by atomic mass is 10.2. The average Bonchev–Trinajstić information content (AvgIpc) is 3.22. The van der Waals surface area contributed by atoms with Gasteiger partial charge in [0, 0.05) is 17.3 Å². The van der Waals surface area contributed by atoms with Gasteiger partial charge in [0.15, 0.2) is 16.6 Å². The van der Waals surface area contributed by atoms with Gasteiger partial charge in [-0.3, -0.25) is 10.1 Å². The quantitative estimate of drug-likeness (QED) is 0.383. The minimum absolute atomic E-state index is 0.0648. The summed E-state index contributed by atoms with van der Waals surface area (Å²) < 4.78 is 12.0. The Labute approximate surface area is 192 Å². The van der Waals surface area contributed by atoms with Gasteiger partial charge in [-0.25, -0.2) is 4.98 Å². The Morgan fingerprint density at radius 1 is 1.03 bits per heavy atom. The number of nitrogens with one attached hydrogen (secondary N) is 2. The van der Waals surface area contributed by atoms with E-state index in [1.807, 2.05) is 24.3 Å². The third-order valence-corrected chi connectivity index (χ3v) is 6.09. The second-order valence-electron chi connectivity index (χ2n) is 6.99. The highest BCUT2D eigenvalue weighted by molar-refractivity contribution is 7.80. The Hall–Kier alpha value is -3.69. The monoisotopic (exact) mass is 463 g/mol. The van der Waals surface area contributed by atoms with E-state index in [1.54, 1.807) is 36.4 Å². The molecule has 0 fully saturated rings. The molecule has 0 spiro atoms. The van der Waals surface area contributed by atoms with Crippen LogP contribution in [0.25, 0.3) is 20.8 Å². The molecule has 0 radical (unpaired) electrons. The number of carbonyl (C=O) groups is 1. The Kier molecular flexibility index (Phi) is 5.34. The maximum atomic E-state index is 12.5. The number of carbonyl (C=O) groups excluding carboxylic acids is 1. The number of amides is 1. The number of aromatic nitrogens is 1. The van der Waals surface area contributed by atoms with Gasteiger partial charge < -0.3 is 19.9 Å². The number of phenolic OH excluding ortho intramolecular Hbond substituents is 1. The first-order chi connectivity index (χ1) is 15.6. The van der Waals surface area contributed by atoms with E-state index in [2.05, 4.69) is 15.6 Å². The number of fused-ring (bicyclic) bond motifs is 2. The van der Waals surface area contributed by atoms with Crippen LogP contribution in [0.5, 0.6) is 17.2 Å². The maximum Gasteiger partial charge on any atom is 0.257 e. The van der Waals surface area contributed by atoms with Crippen LogP contribution in [0.15, 0.2) is 60.7 Å². The Morgan fingerprint density at radius 3 is 2.66 bits per heavy atom. The van der Waals surface area contributed by atoms with E-state index in [0.717, 1.165) is 15.2 Å². The zero-order valence-corrected chi connectivity index (χ0v) is 18.3. The summed E-state index contributed by atoms with van der Waals surface area (Å²) in [6, 6.07) is 17.8. The standard InChI is InChI=1S/C23H17N3O4S2/c27-17-12-14(6-7-15(17)22-25-16-3-1-2-4-20(16)32-22)24-23(31)26-21(28)13-5-8-18-19(11-13)30-10-9-29-18/h1-8,11-12,27H,9-10H2,(H2,24,26,28,31). The Balaban J connectivity index is 1.27. The van der Waals surface area contributed by atoms with Gasteiger partial charge in [-0.2, -0.15) is 0 Å². The number of ether oxygens (including phenoxy) is 2. The van der Waals surface area contributed by atoms with Gasteiger partial charge in [0.2, 0.25) is 0 Å². The topological polar surface area (TPSA) is 92.7 Å². The zero-order chi connectivity index (χ0) is 22.1. The van der Waals surface area contributed by atoms with Gasteiger partial charge in [0.1, 0.15) is 24.0 Å². The first-order valence-corrected chi connectivity index (χ1v) is 11.0. The SMILES string of the molecule is O=C(NC(=S)Nc1ccc(-c2nc3ccccc3s2)c(O)c1)c1ccc2c(c1)OCCO2. The molecule has 1 amide bonds. The highest BCUT2D eigenvalue weighted by Gasteiger charge is 2.16. The van der Waals surface area contributed by atoms with Crippen molar-refractivity contribution in [3.8, 4) is 27.8 Å². The number of hydrogen-bond acceptors (Lipinski definition) is 7. The van der Waals surface area contributed by atoms with Gasteiger partial charge in [-0.1, -0.05) is 12.1 Å². The van der Waals surface area contributed by atoms with Crippen LogP contribution in [0.1, 0.15) is 10.4 Å². The molecule has 160 valence electrons. The van der Waals surface area contributed by atoms with Crippen LogP contribution in [0.3, 0.4) is 0 Å². The van der Waals surface area contributed by atoms with Crippen LogP contribution in [-0.4, -0.2) is 34.3 Å². The van der Waals surface area contributed by atoms with Crippen LogP contribution in [-0.2, 0) is 0 Å². The molecule has 3 N–H and O–H groups in total. The predicted molar refractivity (Wildman–Crippen MR) is 128 cm³/mol. The minimum atomic E-state index is -0.380. The molecule has 1 aromatic heterocycles. The number of benzene rings is 3. The molecule has 0 saturated heterocycles. The van der Waals surface area contributed by atoms with Gasteiger partial charge >= 0.3 is 0 Å². The summed E-state index contributed by atoms with van der Waals surface area (Å²) in [5, 5.41) is 16.9. The van der Waals surface area contributed by atoms with Crippen LogP contribution in [0.4, 0.5) is 5.69 Å². The van der Waals surface area contributed by atoms with Crippen molar-refractivity contribution in [3.05, 3.63) is 66.2 Å². The molecule has 0 saturated carbocycles. The van der Waals surface area contributed by atoms with E-state index in [0.29, 0.717) is 41.5 Å². The van der Waals surface area contributed by atoms with Gasteiger partial charge in [-0.15, -0.1) is 11.3 Å². The summed E-state index contributed by atoms with van der Waals surface area (Å²) in [5.74, 6) is 0.820. The number of thiazole rings is 1. The maximum absolute atomic E-state index is 12.5. The fourth-order valence-corrected chi connectivity index (χ4v) is 4.51. The normalized spacial score (nSPS) is 12.4. The fraction of sp³-hybridized carbons (Fsp3) is 0.0870. The van der Waals surface area contributed by atoms with Crippen molar-refractivity contribution >= 4 is 50.5 Å². The molecule has 9 heteroatoms. The molecular weight excluding hydrogens is 446 g/mol. The van der Waals surface area contributed by atoms with E-state index in [-0.39, 0.29) is 16.8 Å². The fourth-order valence-electron chi connectivity index (χ4n) is 3.30. The van der Waals surface area contributed by atoms with E-state index in [9.17, 15) is 9.90 Å². The number of hydrogen-bond donors (Lipinski definition) is 3. The van der Waals surface area contributed by atoms with Crippen LogP contribution >= 0.6 is 23.6 Å². The molecule has 3 aromatic carbocycles. The molecule has 1 aliphatic heterocycles. The lowest BCUT2D eigenvalue weighted by Gasteiger charge is -2.18. The summed E-state index contributed by atoms with van der Waals surface area (Å²) in [4.78, 5) is 17.1. The van der Waals surface area contributed by atoms with Crippen molar-refractivity contribution in [3.63, 3.8) is 0 Å². The minimum Gasteiger partial charge on any atom is -0.507 e. The van der Waals surface area contributed by atoms with Gasteiger partial charge in [0.05, 0.1) is 15.8 Å². The zero-order valence-electron chi connectivity index (χ0n) is 16.6. The summed E-state index contributed by atoms with van der Waals surface area (Å²) in [6.07, 6.45) is 0. The van der Waals surface area contributed by atoms with Crippen molar-refractivity contribution < 1.29 is 19.4 Å². The third-order valence-electron chi connectivity index (χ3n) is 4.81. The van der Waals surface area contributed by atoms with E-state index >= 15 is 0 Å². The number of nitrogens with zero attached hydrogens (tertiary/aromatic N) is 1. The third kappa shape index (κ3) is 4.08. The number of thiocarbonyl (C=S) groups is 1. The molecule has 0 atom stereocenters. The van der Waals surface area contributed by atoms with Crippen molar-refractivity contribution in [2.45, 2.75) is 0 Å². The highest BCUT2D eigenvalue weighted by Crippen LogP contribution is 2.36. The molecule has 32 heavy (non-hydrogen) atoms. The van der Waals surface area contributed by atoms with E-state index < -0.39 is 0 Å². The number of para-hydroxylation sites is 1. The van der Waals surface area contributed by atoms with Crippen molar-refractivity contribution in [2.75, 3.05) is 18.5 Å².